The van der Waals surface area contributed by atoms with E-state index in [1.54, 1.807) is 0 Å². The zero-order valence-corrected chi connectivity index (χ0v) is 9.02. The Labute approximate surface area is 84.7 Å². The van der Waals surface area contributed by atoms with Gasteiger partial charge in [0, 0.05) is 5.92 Å². The van der Waals surface area contributed by atoms with E-state index in [1.807, 2.05) is 6.92 Å². The molecule has 0 aliphatic heterocycles. The number of aromatic nitrogens is 2. The van der Waals surface area contributed by atoms with E-state index < -0.39 is 0 Å². The number of hydrogen-bond donors (Lipinski definition) is 1. The molecule has 1 saturated carbocycles. The van der Waals surface area contributed by atoms with Gasteiger partial charge in [-0.25, -0.2) is 4.98 Å². The van der Waals surface area contributed by atoms with Crippen molar-refractivity contribution >= 4 is 15.9 Å². The van der Waals surface area contributed by atoms with Gasteiger partial charge in [0.25, 0.3) is 5.56 Å². The van der Waals surface area contributed by atoms with Crippen LogP contribution in [0, 0.1) is 0 Å². The third-order valence-corrected chi connectivity index (χ3v) is 3.07. The number of H-pyrrole nitrogens is 1. The first kappa shape index (κ1) is 8.94. The third kappa shape index (κ3) is 1.68. The fourth-order valence-corrected chi connectivity index (χ4v) is 1.78. The van der Waals surface area contributed by atoms with Gasteiger partial charge in [0.2, 0.25) is 0 Å². The highest BCUT2D eigenvalue weighted by atomic mass is 79.9. The van der Waals surface area contributed by atoms with Crippen molar-refractivity contribution in [3.8, 4) is 0 Å². The predicted octanol–water partition coefficient (Wildman–Crippen LogP) is 1.97. The van der Waals surface area contributed by atoms with Crippen molar-refractivity contribution in [1.82, 2.24) is 9.97 Å². The van der Waals surface area contributed by atoms with Crippen LogP contribution in [0.1, 0.15) is 37.2 Å². The van der Waals surface area contributed by atoms with Gasteiger partial charge >= 0.3 is 0 Å². The SMILES string of the molecule is CCc1nc(C2CC2)[nH]c(=O)c1Br. The molecular weight excluding hydrogens is 232 g/mol. The molecule has 1 aromatic heterocycles. The third-order valence-electron chi connectivity index (χ3n) is 2.25. The molecule has 0 amide bonds. The zero-order chi connectivity index (χ0) is 9.42. The quantitative estimate of drug-likeness (QED) is 0.863. The summed E-state index contributed by atoms with van der Waals surface area (Å²) in [5.74, 6) is 1.37. The number of aromatic amines is 1. The Bertz CT molecular complexity index is 382. The van der Waals surface area contributed by atoms with Crippen LogP contribution >= 0.6 is 15.9 Å². The van der Waals surface area contributed by atoms with Gasteiger partial charge in [-0.2, -0.15) is 0 Å². The molecule has 2 rings (SSSR count). The average molecular weight is 243 g/mol. The monoisotopic (exact) mass is 242 g/mol. The van der Waals surface area contributed by atoms with Crippen molar-refractivity contribution < 1.29 is 0 Å². The number of nitrogens with zero attached hydrogens (tertiary/aromatic N) is 1. The summed E-state index contributed by atoms with van der Waals surface area (Å²) >= 11 is 3.24. The Hall–Kier alpha value is -0.640. The van der Waals surface area contributed by atoms with Crippen LogP contribution in [0.3, 0.4) is 0 Å². The van der Waals surface area contributed by atoms with Crippen molar-refractivity contribution in [3.05, 3.63) is 26.3 Å². The van der Waals surface area contributed by atoms with Gasteiger partial charge in [-0.1, -0.05) is 6.92 Å². The minimum Gasteiger partial charge on any atom is -0.309 e. The highest BCUT2D eigenvalue weighted by molar-refractivity contribution is 9.10. The molecule has 1 aromatic rings. The van der Waals surface area contributed by atoms with Gasteiger partial charge in [0.15, 0.2) is 0 Å². The smallest absolute Gasteiger partial charge is 0.265 e. The van der Waals surface area contributed by atoms with Crippen LogP contribution in [0.25, 0.3) is 0 Å². The minimum absolute atomic E-state index is 0.0475. The van der Waals surface area contributed by atoms with E-state index in [9.17, 15) is 4.79 Å². The summed E-state index contributed by atoms with van der Waals surface area (Å²) in [5, 5.41) is 0. The molecule has 0 bridgehead atoms. The van der Waals surface area contributed by atoms with Crippen molar-refractivity contribution in [3.63, 3.8) is 0 Å². The molecule has 70 valence electrons. The van der Waals surface area contributed by atoms with Crippen LogP contribution in [-0.2, 0) is 6.42 Å². The van der Waals surface area contributed by atoms with E-state index in [1.165, 1.54) is 0 Å². The van der Waals surface area contributed by atoms with Gasteiger partial charge in [-0.3, -0.25) is 4.79 Å². The fraction of sp³-hybridized carbons (Fsp3) is 0.556. The second kappa shape index (κ2) is 3.25. The second-order valence-electron chi connectivity index (χ2n) is 3.34. The van der Waals surface area contributed by atoms with Crippen LogP contribution < -0.4 is 5.56 Å². The molecule has 1 N–H and O–H groups in total. The van der Waals surface area contributed by atoms with E-state index in [0.717, 1.165) is 30.8 Å². The largest absolute Gasteiger partial charge is 0.309 e. The molecule has 3 nitrogen and oxygen atoms in total. The maximum atomic E-state index is 11.4. The highest BCUT2D eigenvalue weighted by Gasteiger charge is 2.26. The summed E-state index contributed by atoms with van der Waals surface area (Å²) < 4.78 is 0.583. The molecule has 1 fully saturated rings. The number of aryl methyl sites for hydroxylation is 1. The molecule has 0 atom stereocenters. The highest BCUT2D eigenvalue weighted by Crippen LogP contribution is 2.37. The van der Waals surface area contributed by atoms with Crippen LogP contribution in [0.15, 0.2) is 9.27 Å². The number of hydrogen-bond acceptors (Lipinski definition) is 2. The second-order valence-corrected chi connectivity index (χ2v) is 4.13. The van der Waals surface area contributed by atoms with E-state index >= 15 is 0 Å². The van der Waals surface area contributed by atoms with Crippen LogP contribution in [-0.4, -0.2) is 9.97 Å². The van der Waals surface area contributed by atoms with E-state index in [2.05, 4.69) is 25.9 Å². The fourth-order valence-electron chi connectivity index (χ4n) is 1.31. The summed E-state index contributed by atoms with van der Waals surface area (Å²) in [7, 11) is 0. The first-order valence-electron chi connectivity index (χ1n) is 4.51. The lowest BCUT2D eigenvalue weighted by atomic mass is 10.3. The van der Waals surface area contributed by atoms with Gasteiger partial charge in [-0.05, 0) is 35.2 Å². The van der Waals surface area contributed by atoms with E-state index in [-0.39, 0.29) is 5.56 Å². The molecule has 0 saturated heterocycles. The van der Waals surface area contributed by atoms with Gasteiger partial charge in [-0.15, -0.1) is 0 Å². The number of rotatable bonds is 2. The molecule has 4 heteroatoms. The van der Waals surface area contributed by atoms with Crippen LogP contribution in [0.4, 0.5) is 0 Å². The van der Waals surface area contributed by atoms with Gasteiger partial charge in [0.1, 0.15) is 10.3 Å². The number of halogens is 1. The Morgan fingerprint density at radius 3 is 2.85 bits per heavy atom. The molecule has 1 heterocycles. The first-order chi connectivity index (χ1) is 6.22. The average Bonchev–Trinajstić information content (AvgIpc) is 2.92. The summed E-state index contributed by atoms with van der Waals surface area (Å²) in [6.07, 6.45) is 3.12. The Morgan fingerprint density at radius 2 is 2.31 bits per heavy atom. The zero-order valence-electron chi connectivity index (χ0n) is 7.43. The van der Waals surface area contributed by atoms with E-state index in [4.69, 9.17) is 0 Å². The topological polar surface area (TPSA) is 45.8 Å². The number of nitrogens with one attached hydrogen (secondary N) is 1. The molecular formula is C9H11BrN2O. The summed E-state index contributed by atoms with van der Waals surface area (Å²) in [6, 6.07) is 0. The van der Waals surface area contributed by atoms with Crippen molar-refractivity contribution in [2.45, 2.75) is 32.1 Å². The van der Waals surface area contributed by atoms with E-state index in [0.29, 0.717) is 10.4 Å². The lowest BCUT2D eigenvalue weighted by Crippen LogP contribution is -2.14. The molecule has 0 spiro atoms. The van der Waals surface area contributed by atoms with Gasteiger partial charge in [0.05, 0.1) is 5.69 Å². The summed E-state index contributed by atoms with van der Waals surface area (Å²) in [4.78, 5) is 18.6. The first-order valence-corrected chi connectivity index (χ1v) is 5.30. The van der Waals surface area contributed by atoms with Crippen molar-refractivity contribution in [2.24, 2.45) is 0 Å². The Morgan fingerprint density at radius 1 is 1.62 bits per heavy atom. The van der Waals surface area contributed by atoms with Gasteiger partial charge < -0.3 is 4.98 Å². The molecule has 0 unspecified atom stereocenters. The van der Waals surface area contributed by atoms with Crippen LogP contribution in [0.2, 0.25) is 0 Å². The Balaban J connectivity index is 2.50. The van der Waals surface area contributed by atoms with Crippen LogP contribution in [0.5, 0.6) is 0 Å². The lowest BCUT2D eigenvalue weighted by Gasteiger charge is -2.02. The molecule has 0 aromatic carbocycles. The predicted molar refractivity (Wildman–Crippen MR) is 53.9 cm³/mol. The summed E-state index contributed by atoms with van der Waals surface area (Å²) in [6.45, 7) is 2.00. The standard InChI is InChI=1S/C9H11BrN2O/c1-2-6-7(10)9(13)12-8(11-6)5-3-4-5/h5H,2-4H2,1H3,(H,11,12,13). The Kier molecular flexibility index (Phi) is 2.24. The minimum atomic E-state index is -0.0475. The van der Waals surface area contributed by atoms with Crippen molar-refractivity contribution in [2.75, 3.05) is 0 Å². The maximum absolute atomic E-state index is 11.4. The van der Waals surface area contributed by atoms with Crippen molar-refractivity contribution in [1.29, 1.82) is 0 Å². The molecule has 0 radical (unpaired) electrons. The molecule has 13 heavy (non-hydrogen) atoms. The molecule has 1 aliphatic rings. The maximum Gasteiger partial charge on any atom is 0.265 e. The summed E-state index contributed by atoms with van der Waals surface area (Å²) in [5.41, 5.74) is 0.819. The normalized spacial score (nSPS) is 16.2. The molecule has 1 aliphatic carbocycles. The lowest BCUT2D eigenvalue weighted by molar-refractivity contribution is 0.852.